The van der Waals surface area contributed by atoms with Gasteiger partial charge in [-0.3, -0.25) is 0 Å². The van der Waals surface area contributed by atoms with E-state index >= 15 is 0 Å². The van der Waals surface area contributed by atoms with E-state index in [1.165, 1.54) is 6.07 Å². The van der Waals surface area contributed by atoms with Gasteiger partial charge in [0.05, 0.1) is 28.2 Å². The molecule has 0 aliphatic rings. The zero-order chi connectivity index (χ0) is 14.7. The van der Waals surface area contributed by atoms with E-state index in [9.17, 15) is 4.79 Å². The van der Waals surface area contributed by atoms with Crippen LogP contribution in [0, 0.1) is 11.3 Å². The Morgan fingerprint density at radius 3 is 2.70 bits per heavy atom. The Balaban J connectivity index is 2.44. The highest BCUT2D eigenvalue weighted by Crippen LogP contribution is 2.29. The van der Waals surface area contributed by atoms with Gasteiger partial charge in [0.1, 0.15) is 6.07 Å². The summed E-state index contributed by atoms with van der Waals surface area (Å²) in [6.07, 6.45) is 0. The molecule has 0 atom stereocenters. The van der Waals surface area contributed by atoms with Crippen LogP contribution in [0.5, 0.6) is 0 Å². The number of nitrogens with zero attached hydrogens (tertiary/aromatic N) is 1. The lowest BCUT2D eigenvalue weighted by atomic mass is 10.1. The Morgan fingerprint density at radius 1 is 1.30 bits per heavy atom. The largest absolute Gasteiger partial charge is 0.478 e. The van der Waals surface area contributed by atoms with E-state index in [0.29, 0.717) is 16.9 Å². The molecule has 0 bridgehead atoms. The van der Waals surface area contributed by atoms with Crippen molar-refractivity contribution in [3.05, 3.63) is 52.0 Å². The number of hydrogen-bond donors (Lipinski definition) is 3. The molecule has 0 amide bonds. The monoisotopic (exact) mass is 331 g/mol. The number of anilines is 3. The number of nitrogen functional groups attached to an aromatic ring is 1. The molecule has 0 radical (unpaired) electrons. The molecule has 0 aromatic heterocycles. The number of benzene rings is 2. The predicted molar refractivity (Wildman–Crippen MR) is 80.0 cm³/mol. The number of nitrogens with one attached hydrogen (secondary N) is 1. The van der Waals surface area contributed by atoms with Crippen LogP contribution in [-0.2, 0) is 0 Å². The Morgan fingerprint density at radius 2 is 2.05 bits per heavy atom. The zero-order valence-electron chi connectivity index (χ0n) is 10.2. The molecule has 0 aliphatic carbocycles. The number of carbonyl (C=O) groups is 1. The maximum atomic E-state index is 11.0. The van der Waals surface area contributed by atoms with Gasteiger partial charge in [-0.15, -0.1) is 0 Å². The van der Waals surface area contributed by atoms with Gasteiger partial charge in [-0.1, -0.05) is 22.0 Å². The molecule has 4 N–H and O–H groups in total. The van der Waals surface area contributed by atoms with Crippen LogP contribution in [0.2, 0.25) is 0 Å². The second-order valence-corrected chi connectivity index (χ2v) is 4.91. The molecule has 2 aromatic rings. The van der Waals surface area contributed by atoms with Gasteiger partial charge < -0.3 is 16.2 Å². The molecule has 0 spiro atoms. The maximum absolute atomic E-state index is 11.0. The minimum absolute atomic E-state index is 0.0191. The standard InChI is InChI=1S/C14H10BrN3O2/c15-9-4-5-11(8(6-9)7-16)18-12-3-1-2-10(13(12)17)14(19)20/h1-6,18H,17H2,(H,19,20). The van der Waals surface area contributed by atoms with E-state index < -0.39 is 5.97 Å². The molecule has 0 unspecified atom stereocenters. The SMILES string of the molecule is N#Cc1cc(Br)ccc1Nc1cccc(C(=O)O)c1N. The quantitative estimate of drug-likeness (QED) is 0.749. The van der Waals surface area contributed by atoms with Gasteiger partial charge in [-0.25, -0.2) is 4.79 Å². The van der Waals surface area contributed by atoms with Crippen LogP contribution in [0.3, 0.4) is 0 Å². The van der Waals surface area contributed by atoms with Crippen LogP contribution in [0.15, 0.2) is 40.9 Å². The number of aromatic carboxylic acids is 1. The minimum Gasteiger partial charge on any atom is -0.478 e. The Kier molecular flexibility index (Phi) is 3.91. The van der Waals surface area contributed by atoms with Gasteiger partial charge in [-0.05, 0) is 30.3 Å². The molecule has 0 saturated carbocycles. The average Bonchev–Trinajstić information content (AvgIpc) is 2.42. The summed E-state index contributed by atoms with van der Waals surface area (Å²) in [5.41, 5.74) is 7.41. The summed E-state index contributed by atoms with van der Waals surface area (Å²) >= 11 is 3.29. The van der Waals surface area contributed by atoms with Crippen molar-refractivity contribution < 1.29 is 9.90 Å². The fourth-order valence-corrected chi connectivity index (χ4v) is 2.08. The van der Waals surface area contributed by atoms with Gasteiger partial charge in [0.15, 0.2) is 0 Å². The normalized spacial score (nSPS) is 9.80. The van der Waals surface area contributed by atoms with Crippen molar-refractivity contribution in [2.75, 3.05) is 11.1 Å². The van der Waals surface area contributed by atoms with Crippen molar-refractivity contribution in [3.63, 3.8) is 0 Å². The van der Waals surface area contributed by atoms with Crippen molar-refractivity contribution in [1.82, 2.24) is 0 Å². The smallest absolute Gasteiger partial charge is 0.337 e. The third-order valence-corrected chi connectivity index (χ3v) is 3.20. The first kappa shape index (κ1) is 13.9. The summed E-state index contributed by atoms with van der Waals surface area (Å²) < 4.78 is 0.784. The second kappa shape index (κ2) is 5.63. The van der Waals surface area contributed by atoms with Crippen molar-refractivity contribution in [2.24, 2.45) is 0 Å². The molecule has 0 fully saturated rings. The summed E-state index contributed by atoms with van der Waals surface area (Å²) in [6, 6.07) is 11.9. The number of nitriles is 1. The lowest BCUT2D eigenvalue weighted by Gasteiger charge is -2.12. The highest BCUT2D eigenvalue weighted by Gasteiger charge is 2.12. The van der Waals surface area contributed by atoms with Gasteiger partial charge in [0.25, 0.3) is 0 Å². The van der Waals surface area contributed by atoms with Gasteiger partial charge >= 0.3 is 5.97 Å². The maximum Gasteiger partial charge on any atom is 0.337 e. The number of carboxylic acid groups (broad SMARTS) is 1. The first-order chi connectivity index (χ1) is 9.52. The van der Waals surface area contributed by atoms with E-state index in [2.05, 4.69) is 27.3 Å². The fraction of sp³-hybridized carbons (Fsp3) is 0. The molecule has 20 heavy (non-hydrogen) atoms. The van der Waals surface area contributed by atoms with Gasteiger partial charge in [0, 0.05) is 4.47 Å². The van der Waals surface area contributed by atoms with Crippen LogP contribution in [0.4, 0.5) is 17.1 Å². The average molecular weight is 332 g/mol. The molecular weight excluding hydrogens is 322 g/mol. The third-order valence-electron chi connectivity index (χ3n) is 2.71. The van der Waals surface area contributed by atoms with E-state index in [4.69, 9.17) is 16.1 Å². The van der Waals surface area contributed by atoms with E-state index in [1.54, 1.807) is 30.3 Å². The lowest BCUT2D eigenvalue weighted by molar-refractivity contribution is 0.0698. The summed E-state index contributed by atoms with van der Waals surface area (Å²) in [5.74, 6) is -1.09. The van der Waals surface area contributed by atoms with Crippen LogP contribution < -0.4 is 11.1 Å². The molecule has 2 rings (SSSR count). The van der Waals surface area contributed by atoms with Crippen molar-refractivity contribution >= 4 is 39.0 Å². The molecule has 2 aromatic carbocycles. The second-order valence-electron chi connectivity index (χ2n) is 4.00. The summed E-state index contributed by atoms with van der Waals surface area (Å²) in [5, 5.41) is 21.1. The molecule has 5 nitrogen and oxygen atoms in total. The predicted octanol–water partition coefficient (Wildman–Crippen LogP) is 3.34. The van der Waals surface area contributed by atoms with E-state index in [1.807, 2.05) is 0 Å². The Bertz CT molecular complexity index is 723. The van der Waals surface area contributed by atoms with Crippen molar-refractivity contribution in [2.45, 2.75) is 0 Å². The number of halogens is 1. The molecule has 0 aliphatic heterocycles. The van der Waals surface area contributed by atoms with Crippen molar-refractivity contribution in [3.8, 4) is 6.07 Å². The zero-order valence-corrected chi connectivity index (χ0v) is 11.8. The van der Waals surface area contributed by atoms with Crippen LogP contribution in [-0.4, -0.2) is 11.1 Å². The first-order valence-electron chi connectivity index (χ1n) is 5.61. The fourth-order valence-electron chi connectivity index (χ4n) is 1.72. The highest BCUT2D eigenvalue weighted by molar-refractivity contribution is 9.10. The van der Waals surface area contributed by atoms with Gasteiger partial charge in [0.2, 0.25) is 0 Å². The topological polar surface area (TPSA) is 99.1 Å². The van der Waals surface area contributed by atoms with Gasteiger partial charge in [-0.2, -0.15) is 5.26 Å². The number of hydrogen-bond acceptors (Lipinski definition) is 4. The Labute approximate surface area is 123 Å². The molecule has 0 saturated heterocycles. The van der Waals surface area contributed by atoms with Crippen molar-refractivity contribution in [1.29, 1.82) is 5.26 Å². The van der Waals surface area contributed by atoms with Crippen LogP contribution in [0.25, 0.3) is 0 Å². The molecule has 6 heteroatoms. The molecule has 0 heterocycles. The van der Waals surface area contributed by atoms with E-state index in [-0.39, 0.29) is 11.3 Å². The van der Waals surface area contributed by atoms with E-state index in [0.717, 1.165) is 4.47 Å². The minimum atomic E-state index is -1.09. The number of para-hydroxylation sites is 1. The summed E-state index contributed by atoms with van der Waals surface area (Å²) in [7, 11) is 0. The Hall–Kier alpha value is -2.52. The number of rotatable bonds is 3. The lowest BCUT2D eigenvalue weighted by Crippen LogP contribution is -2.05. The highest BCUT2D eigenvalue weighted by atomic mass is 79.9. The number of nitrogens with two attached hydrogens (primary N) is 1. The van der Waals surface area contributed by atoms with Crippen LogP contribution in [0.1, 0.15) is 15.9 Å². The van der Waals surface area contributed by atoms with Crippen LogP contribution >= 0.6 is 15.9 Å². The number of carboxylic acids is 1. The third kappa shape index (κ3) is 2.73. The summed E-state index contributed by atoms with van der Waals surface area (Å²) in [4.78, 5) is 11.0. The first-order valence-corrected chi connectivity index (χ1v) is 6.40. The molecular formula is C14H10BrN3O2. The summed E-state index contributed by atoms with van der Waals surface area (Å²) in [6.45, 7) is 0. The molecule has 100 valence electrons.